The van der Waals surface area contributed by atoms with Crippen LogP contribution in [0.15, 0.2) is 108 Å². The van der Waals surface area contributed by atoms with Crippen LogP contribution >= 0.6 is 0 Å². The summed E-state index contributed by atoms with van der Waals surface area (Å²) in [5.74, 6) is -1.64. The van der Waals surface area contributed by atoms with Gasteiger partial charge in [-0.2, -0.15) is 4.98 Å². The van der Waals surface area contributed by atoms with E-state index in [2.05, 4.69) is 19.8 Å². The fourth-order valence-electron chi connectivity index (χ4n) is 9.52. The molecular weight excluding hydrogens is 849 g/mol. The highest BCUT2D eigenvalue weighted by atomic mass is 19.4. The largest absolute Gasteiger partial charge is 0.573 e. The van der Waals surface area contributed by atoms with Crippen molar-refractivity contribution in [3.05, 3.63) is 131 Å². The van der Waals surface area contributed by atoms with Crippen LogP contribution in [0.25, 0.3) is 0 Å². The van der Waals surface area contributed by atoms with Crippen molar-refractivity contribution >= 4 is 35.2 Å². The zero-order valence-electron chi connectivity index (χ0n) is 34.3. The fourth-order valence-corrected chi connectivity index (χ4v) is 9.52. The van der Waals surface area contributed by atoms with E-state index in [1.165, 1.54) is 30.5 Å². The molecule has 336 valence electrons. The van der Waals surface area contributed by atoms with Crippen molar-refractivity contribution < 1.29 is 59.4 Å². The molecule has 3 N–H and O–H groups in total. The van der Waals surface area contributed by atoms with Crippen LogP contribution in [0, 0.1) is 11.8 Å². The lowest BCUT2D eigenvalue weighted by Gasteiger charge is -2.43. The van der Waals surface area contributed by atoms with Crippen LogP contribution in [0.1, 0.15) is 99.9 Å². The number of nitrogens with zero attached hydrogens (tertiary/aromatic N) is 3. The highest BCUT2D eigenvalue weighted by molar-refractivity contribution is 6.08. The Labute approximate surface area is 363 Å². The molecule has 5 aromatic rings. The molecule has 0 radical (unpaired) electrons. The molecule has 0 bridgehead atoms. The van der Waals surface area contributed by atoms with Crippen molar-refractivity contribution in [3.63, 3.8) is 0 Å². The van der Waals surface area contributed by atoms with Crippen molar-refractivity contribution in [2.24, 2.45) is 17.6 Å². The van der Waals surface area contributed by atoms with Crippen LogP contribution in [0.5, 0.6) is 11.5 Å². The monoisotopic (exact) mass is 891 g/mol. The number of hydrogen-bond acceptors (Lipinski definition) is 10. The van der Waals surface area contributed by atoms with E-state index >= 15 is 0 Å². The van der Waals surface area contributed by atoms with Gasteiger partial charge in [0.1, 0.15) is 17.8 Å². The topological polar surface area (TPSA) is 149 Å². The van der Waals surface area contributed by atoms with E-state index in [0.717, 1.165) is 79.6 Å². The fraction of sp³-hybridized carbons (Fsp3) is 0.348. The second kappa shape index (κ2) is 17.9. The number of hydrogen-bond donors (Lipinski definition) is 2. The molecule has 2 fully saturated rings. The number of halogens is 6. The standard InChI is InChI=1S/C26H24F3N3O5.C20H19F3N2O2/c1-2-35-24(34)19-14-36-25(30-19)31-22-17-6-3-4-8-20(17)32(21-9-5-7-18(21)22)23(33)15-10-12-16(13-11-15)37-26(27,28)29;21-20(22,23)27-13-10-8-12(9-11-13)19(26)25-16-6-2-1-4-14(16)18(24)15-5-3-7-17(15)25/h3-4,6,8,10-14,18,21-22H,2,5,7,9H2,1H3,(H,30,31);1-2,4,6,8-11,15,17-18H,3,5,7,24H2. The minimum atomic E-state index is -4.81. The Morgan fingerprint density at radius 1 is 0.703 bits per heavy atom. The molecule has 4 aromatic carbocycles. The van der Waals surface area contributed by atoms with Gasteiger partial charge in [-0.3, -0.25) is 9.59 Å². The van der Waals surface area contributed by atoms with Crippen molar-refractivity contribution in [1.29, 1.82) is 0 Å². The SMILES string of the molecule is CCOC(=O)c1coc(NC2c3ccccc3N(C(=O)c3ccc(OC(F)(F)F)cc3)C3CCCC23)n1.NC1c2ccccc2N(C(=O)c2ccc(OC(F)(F)F)cc2)C2CCCC12. The first kappa shape index (κ1) is 44.1. The molecule has 6 atom stereocenters. The van der Waals surface area contributed by atoms with Crippen LogP contribution < -0.4 is 30.3 Å². The first-order valence-electron chi connectivity index (χ1n) is 20.8. The third-order valence-electron chi connectivity index (χ3n) is 12.1. The van der Waals surface area contributed by atoms with Crippen molar-refractivity contribution in [1.82, 2.24) is 4.98 Å². The van der Waals surface area contributed by atoms with Crippen molar-refractivity contribution in [2.45, 2.75) is 82.3 Å². The molecule has 9 rings (SSSR count). The normalized spacial score (nSPS) is 22.2. The number of carbonyl (C=O) groups excluding carboxylic acids is 3. The molecule has 6 unspecified atom stereocenters. The number of esters is 1. The predicted molar refractivity (Wildman–Crippen MR) is 221 cm³/mol. The maximum absolute atomic E-state index is 13.7. The Morgan fingerprint density at radius 2 is 1.19 bits per heavy atom. The van der Waals surface area contributed by atoms with Gasteiger partial charge in [0.2, 0.25) is 0 Å². The Bertz CT molecular complexity index is 2480. The van der Waals surface area contributed by atoms with E-state index < -0.39 is 18.7 Å². The number of nitrogens with one attached hydrogen (secondary N) is 1. The maximum atomic E-state index is 13.7. The van der Waals surface area contributed by atoms with Crippen molar-refractivity contribution in [3.8, 4) is 11.5 Å². The van der Waals surface area contributed by atoms with Crippen LogP contribution in [0.3, 0.4) is 0 Å². The number of ether oxygens (including phenoxy) is 3. The van der Waals surface area contributed by atoms with E-state index in [-0.39, 0.29) is 83.2 Å². The minimum absolute atomic E-state index is 0.00787. The summed E-state index contributed by atoms with van der Waals surface area (Å²) in [6.45, 7) is 1.92. The first-order valence-corrected chi connectivity index (χ1v) is 20.8. The smallest absolute Gasteiger partial charge is 0.461 e. The molecule has 64 heavy (non-hydrogen) atoms. The van der Waals surface area contributed by atoms with Gasteiger partial charge in [-0.25, -0.2) is 4.79 Å². The third-order valence-corrected chi connectivity index (χ3v) is 12.1. The lowest BCUT2D eigenvalue weighted by Crippen LogP contribution is -2.49. The Hall–Kier alpha value is -6.56. The van der Waals surface area contributed by atoms with Gasteiger partial charge < -0.3 is 39.5 Å². The van der Waals surface area contributed by atoms with Gasteiger partial charge in [0.25, 0.3) is 17.8 Å². The second-order valence-corrected chi connectivity index (χ2v) is 15.8. The zero-order chi connectivity index (χ0) is 45.3. The molecule has 2 aliphatic heterocycles. The predicted octanol–water partition coefficient (Wildman–Crippen LogP) is 10.1. The average Bonchev–Trinajstić information content (AvgIpc) is 4.06. The van der Waals surface area contributed by atoms with Gasteiger partial charge in [0.15, 0.2) is 5.69 Å². The number of amides is 2. The molecule has 12 nitrogen and oxygen atoms in total. The summed E-state index contributed by atoms with van der Waals surface area (Å²) < 4.78 is 92.9. The number of rotatable bonds is 8. The van der Waals surface area contributed by atoms with E-state index in [4.69, 9.17) is 14.9 Å². The molecule has 0 saturated heterocycles. The molecule has 2 amide bonds. The third kappa shape index (κ3) is 9.23. The summed E-state index contributed by atoms with van der Waals surface area (Å²) in [5, 5.41) is 3.31. The van der Waals surface area contributed by atoms with Gasteiger partial charge in [-0.15, -0.1) is 26.3 Å². The first-order chi connectivity index (χ1) is 30.6. The molecular formula is C46H43F6N5O7. The van der Waals surface area contributed by atoms with Gasteiger partial charge >= 0.3 is 18.7 Å². The molecule has 0 spiro atoms. The number of nitrogens with two attached hydrogens (primary N) is 1. The van der Waals surface area contributed by atoms with E-state index in [9.17, 15) is 40.7 Å². The van der Waals surface area contributed by atoms with Gasteiger partial charge in [-0.05, 0) is 110 Å². The Kier molecular flexibility index (Phi) is 12.3. The minimum Gasteiger partial charge on any atom is -0.461 e. The highest BCUT2D eigenvalue weighted by Crippen LogP contribution is 2.50. The maximum Gasteiger partial charge on any atom is 0.573 e. The Balaban J connectivity index is 0.000000184. The van der Waals surface area contributed by atoms with Gasteiger partial charge in [-0.1, -0.05) is 49.2 Å². The Morgan fingerprint density at radius 3 is 1.72 bits per heavy atom. The number of benzene rings is 4. The van der Waals surface area contributed by atoms with Crippen molar-refractivity contribution in [2.75, 3.05) is 21.7 Å². The van der Waals surface area contributed by atoms with Gasteiger partial charge in [0, 0.05) is 46.5 Å². The molecule has 4 aliphatic rings. The number of carbonyl (C=O) groups is 3. The summed E-state index contributed by atoms with van der Waals surface area (Å²) in [6, 6.07) is 24.7. The molecule has 1 aromatic heterocycles. The van der Waals surface area contributed by atoms with Crippen LogP contribution in [0.4, 0.5) is 43.7 Å². The summed E-state index contributed by atoms with van der Waals surface area (Å²) in [7, 11) is 0. The quantitative estimate of drug-likeness (QED) is 0.114. The summed E-state index contributed by atoms with van der Waals surface area (Å²) in [5.41, 5.74) is 10.4. The lowest BCUT2D eigenvalue weighted by atomic mass is 9.82. The average molecular weight is 892 g/mol. The van der Waals surface area contributed by atoms with E-state index in [1.807, 2.05) is 48.5 Å². The van der Waals surface area contributed by atoms with Crippen LogP contribution in [-0.2, 0) is 4.74 Å². The molecule has 3 heterocycles. The number of para-hydroxylation sites is 2. The van der Waals surface area contributed by atoms with E-state index in [1.54, 1.807) is 16.7 Å². The summed E-state index contributed by atoms with van der Waals surface area (Å²) in [6.07, 6.45) is -3.01. The van der Waals surface area contributed by atoms with Crippen LogP contribution in [-0.4, -0.2) is 54.2 Å². The second-order valence-electron chi connectivity index (χ2n) is 15.8. The number of oxazole rings is 1. The number of aromatic nitrogens is 1. The molecule has 2 aliphatic carbocycles. The number of alkyl halides is 6. The highest BCUT2D eigenvalue weighted by Gasteiger charge is 2.47. The number of fused-ring (bicyclic) bond motifs is 4. The van der Waals surface area contributed by atoms with E-state index in [0.29, 0.717) is 11.3 Å². The summed E-state index contributed by atoms with van der Waals surface area (Å²) >= 11 is 0. The van der Waals surface area contributed by atoms with Crippen LogP contribution in [0.2, 0.25) is 0 Å². The molecule has 2 saturated carbocycles. The summed E-state index contributed by atoms with van der Waals surface area (Å²) in [4.78, 5) is 46.6. The lowest BCUT2D eigenvalue weighted by molar-refractivity contribution is -0.275. The van der Waals surface area contributed by atoms with Gasteiger partial charge in [0.05, 0.1) is 12.6 Å². The molecule has 18 heteroatoms. The number of anilines is 3. The zero-order valence-corrected chi connectivity index (χ0v) is 34.3.